The van der Waals surface area contributed by atoms with E-state index < -0.39 is 5.97 Å². The first kappa shape index (κ1) is 13.6. The molecule has 1 aromatic carbocycles. The highest BCUT2D eigenvalue weighted by molar-refractivity contribution is 5.67. The van der Waals surface area contributed by atoms with Gasteiger partial charge in [-0.15, -0.1) is 0 Å². The standard InChI is InChI=1S/C17H23NO2/c1-18-10-14-7-13(12-5-3-2-4-6-12)8-15(11-18)16(14)9-17(19)20/h2-6,13-16H,7-11H2,1H3,(H,19,20). The molecule has 1 saturated carbocycles. The summed E-state index contributed by atoms with van der Waals surface area (Å²) in [5.74, 6) is 1.43. The van der Waals surface area contributed by atoms with Gasteiger partial charge in [-0.05, 0) is 49.1 Å². The van der Waals surface area contributed by atoms with Crippen molar-refractivity contribution in [2.45, 2.75) is 25.2 Å². The summed E-state index contributed by atoms with van der Waals surface area (Å²) in [6.45, 7) is 2.11. The van der Waals surface area contributed by atoms with Gasteiger partial charge < -0.3 is 10.0 Å². The first-order chi connectivity index (χ1) is 9.63. The molecule has 2 fully saturated rings. The quantitative estimate of drug-likeness (QED) is 0.920. The van der Waals surface area contributed by atoms with Crippen molar-refractivity contribution in [1.82, 2.24) is 4.90 Å². The lowest BCUT2D eigenvalue weighted by Gasteiger charge is -2.48. The lowest BCUT2D eigenvalue weighted by molar-refractivity contribution is -0.140. The Labute approximate surface area is 120 Å². The fourth-order valence-electron chi connectivity index (χ4n) is 4.39. The van der Waals surface area contributed by atoms with Crippen LogP contribution < -0.4 is 0 Å². The molecule has 2 aliphatic rings. The summed E-state index contributed by atoms with van der Waals surface area (Å²) in [7, 11) is 2.17. The number of carbonyl (C=O) groups is 1. The molecule has 0 radical (unpaired) electrons. The normalized spacial score (nSPS) is 33.9. The van der Waals surface area contributed by atoms with Crippen LogP contribution in [-0.2, 0) is 4.79 Å². The minimum atomic E-state index is -0.632. The van der Waals surface area contributed by atoms with E-state index in [2.05, 4.69) is 42.3 Å². The summed E-state index contributed by atoms with van der Waals surface area (Å²) in [6.07, 6.45) is 2.64. The number of carboxylic acids is 1. The van der Waals surface area contributed by atoms with Gasteiger partial charge in [-0.1, -0.05) is 30.3 Å². The molecule has 0 spiro atoms. The maximum Gasteiger partial charge on any atom is 0.303 e. The van der Waals surface area contributed by atoms with Gasteiger partial charge in [0, 0.05) is 19.5 Å². The molecule has 3 rings (SSSR count). The minimum absolute atomic E-state index is 0.352. The number of likely N-dealkylation sites (tertiary alicyclic amines) is 1. The van der Waals surface area contributed by atoms with Crippen LogP contribution in [0.4, 0.5) is 0 Å². The summed E-state index contributed by atoms with van der Waals surface area (Å²) >= 11 is 0. The molecule has 3 nitrogen and oxygen atoms in total. The molecule has 1 saturated heterocycles. The number of benzene rings is 1. The van der Waals surface area contributed by atoms with Crippen LogP contribution in [0.25, 0.3) is 0 Å². The molecule has 1 aliphatic heterocycles. The molecule has 1 aromatic rings. The van der Waals surface area contributed by atoms with E-state index in [9.17, 15) is 4.79 Å². The predicted octanol–water partition coefficient (Wildman–Crippen LogP) is 2.83. The molecular weight excluding hydrogens is 250 g/mol. The van der Waals surface area contributed by atoms with Crippen LogP contribution in [0, 0.1) is 17.8 Å². The van der Waals surface area contributed by atoms with E-state index in [1.165, 1.54) is 5.56 Å². The third-order valence-corrected chi connectivity index (χ3v) is 5.16. The van der Waals surface area contributed by atoms with Crippen LogP contribution >= 0.6 is 0 Å². The van der Waals surface area contributed by atoms with Crippen molar-refractivity contribution in [3.8, 4) is 0 Å². The van der Waals surface area contributed by atoms with Crippen molar-refractivity contribution < 1.29 is 9.90 Å². The number of hydrogen-bond donors (Lipinski definition) is 1. The summed E-state index contributed by atoms with van der Waals surface area (Å²) in [5, 5.41) is 9.16. The Kier molecular flexibility index (Phi) is 3.79. The molecule has 1 N–H and O–H groups in total. The molecule has 20 heavy (non-hydrogen) atoms. The topological polar surface area (TPSA) is 40.5 Å². The van der Waals surface area contributed by atoms with Crippen molar-refractivity contribution in [3.05, 3.63) is 35.9 Å². The number of rotatable bonds is 3. The van der Waals surface area contributed by atoms with Crippen LogP contribution in [-0.4, -0.2) is 36.1 Å². The van der Waals surface area contributed by atoms with Crippen LogP contribution in [0.5, 0.6) is 0 Å². The van der Waals surface area contributed by atoms with Crippen molar-refractivity contribution in [3.63, 3.8) is 0 Å². The lowest BCUT2D eigenvalue weighted by Crippen LogP contribution is -2.49. The average molecular weight is 273 g/mol. The van der Waals surface area contributed by atoms with Gasteiger partial charge in [-0.3, -0.25) is 4.79 Å². The zero-order valence-corrected chi connectivity index (χ0v) is 12.0. The van der Waals surface area contributed by atoms with Gasteiger partial charge in [0.25, 0.3) is 0 Å². The van der Waals surface area contributed by atoms with E-state index in [1.807, 2.05) is 0 Å². The SMILES string of the molecule is CN1CC2CC(c3ccccc3)CC(C1)C2CC(=O)O. The van der Waals surface area contributed by atoms with Gasteiger partial charge in [0.15, 0.2) is 0 Å². The Bertz CT molecular complexity index is 457. The second kappa shape index (κ2) is 5.57. The zero-order valence-electron chi connectivity index (χ0n) is 12.0. The van der Waals surface area contributed by atoms with Gasteiger partial charge in [-0.2, -0.15) is 0 Å². The number of nitrogens with zero attached hydrogens (tertiary/aromatic N) is 1. The molecule has 3 heteroatoms. The van der Waals surface area contributed by atoms with Crippen molar-refractivity contribution in [1.29, 1.82) is 0 Å². The predicted molar refractivity (Wildman–Crippen MR) is 78.6 cm³/mol. The Morgan fingerprint density at radius 2 is 1.80 bits per heavy atom. The third-order valence-electron chi connectivity index (χ3n) is 5.16. The number of carboxylic acid groups (broad SMARTS) is 1. The van der Waals surface area contributed by atoms with Crippen LogP contribution in [0.15, 0.2) is 30.3 Å². The van der Waals surface area contributed by atoms with Crippen LogP contribution in [0.3, 0.4) is 0 Å². The Morgan fingerprint density at radius 3 is 2.35 bits per heavy atom. The molecule has 108 valence electrons. The molecule has 0 amide bonds. The fourth-order valence-corrected chi connectivity index (χ4v) is 4.39. The molecule has 2 bridgehead atoms. The molecule has 0 aromatic heterocycles. The fraction of sp³-hybridized carbons (Fsp3) is 0.588. The average Bonchev–Trinajstić information content (AvgIpc) is 2.40. The van der Waals surface area contributed by atoms with Crippen molar-refractivity contribution in [2.24, 2.45) is 17.8 Å². The maximum atomic E-state index is 11.1. The van der Waals surface area contributed by atoms with Crippen molar-refractivity contribution >= 4 is 5.97 Å². The van der Waals surface area contributed by atoms with Gasteiger partial charge in [-0.25, -0.2) is 0 Å². The van der Waals surface area contributed by atoms with E-state index in [1.54, 1.807) is 0 Å². The van der Waals surface area contributed by atoms with E-state index in [0.29, 0.717) is 30.1 Å². The van der Waals surface area contributed by atoms with Gasteiger partial charge in [0.05, 0.1) is 0 Å². The number of aliphatic carboxylic acids is 1. The minimum Gasteiger partial charge on any atom is -0.481 e. The van der Waals surface area contributed by atoms with Crippen molar-refractivity contribution in [2.75, 3.05) is 20.1 Å². The van der Waals surface area contributed by atoms with E-state index in [4.69, 9.17) is 5.11 Å². The van der Waals surface area contributed by atoms with E-state index >= 15 is 0 Å². The van der Waals surface area contributed by atoms with E-state index in [-0.39, 0.29) is 0 Å². The number of hydrogen-bond acceptors (Lipinski definition) is 2. The molecular formula is C17H23NO2. The summed E-state index contributed by atoms with van der Waals surface area (Å²) in [6, 6.07) is 10.7. The highest BCUT2D eigenvalue weighted by atomic mass is 16.4. The summed E-state index contributed by atoms with van der Waals surface area (Å²) in [4.78, 5) is 13.5. The maximum absolute atomic E-state index is 11.1. The Balaban J connectivity index is 1.78. The first-order valence-electron chi connectivity index (χ1n) is 7.58. The largest absolute Gasteiger partial charge is 0.481 e. The number of piperidine rings is 1. The second-order valence-electron chi connectivity index (χ2n) is 6.58. The smallest absolute Gasteiger partial charge is 0.303 e. The summed E-state index contributed by atoms with van der Waals surface area (Å²) < 4.78 is 0. The first-order valence-corrected chi connectivity index (χ1v) is 7.58. The van der Waals surface area contributed by atoms with Gasteiger partial charge in [0.1, 0.15) is 0 Å². The van der Waals surface area contributed by atoms with Crippen LogP contribution in [0.2, 0.25) is 0 Å². The molecule has 2 atom stereocenters. The lowest BCUT2D eigenvalue weighted by atomic mass is 9.63. The van der Waals surface area contributed by atoms with Gasteiger partial charge in [0.2, 0.25) is 0 Å². The van der Waals surface area contributed by atoms with Crippen LogP contribution in [0.1, 0.15) is 30.7 Å². The third kappa shape index (κ3) is 2.73. The number of fused-ring (bicyclic) bond motifs is 2. The molecule has 2 unspecified atom stereocenters. The summed E-state index contributed by atoms with van der Waals surface area (Å²) in [5.41, 5.74) is 1.43. The van der Waals surface area contributed by atoms with E-state index in [0.717, 1.165) is 25.9 Å². The van der Waals surface area contributed by atoms with Gasteiger partial charge >= 0.3 is 5.97 Å². The zero-order chi connectivity index (χ0) is 14.1. The molecule has 1 aliphatic carbocycles. The Morgan fingerprint density at radius 1 is 1.20 bits per heavy atom. The highest BCUT2D eigenvalue weighted by Gasteiger charge is 2.42. The Hall–Kier alpha value is -1.35. The highest BCUT2D eigenvalue weighted by Crippen LogP contribution is 2.47. The monoisotopic (exact) mass is 273 g/mol. The second-order valence-corrected chi connectivity index (χ2v) is 6.58. The molecule has 1 heterocycles.